The molecular formula is C15H11I. The number of hydrogen-bond acceptors (Lipinski definition) is 0. The quantitative estimate of drug-likeness (QED) is 0.677. The van der Waals surface area contributed by atoms with Gasteiger partial charge in [0.05, 0.1) is 0 Å². The summed E-state index contributed by atoms with van der Waals surface area (Å²) in [6.07, 6.45) is 1.07. The molecule has 0 heterocycles. The molecule has 78 valence electrons. The van der Waals surface area contributed by atoms with Crippen molar-refractivity contribution >= 4 is 31.7 Å². The third-order valence-electron chi connectivity index (χ3n) is 3.01. The Labute approximate surface area is 109 Å². The molecular weight excluding hydrogens is 307 g/mol. The molecule has 0 aliphatic heterocycles. The monoisotopic (exact) mass is 318 g/mol. The van der Waals surface area contributed by atoms with E-state index in [0.29, 0.717) is 0 Å². The van der Waals surface area contributed by atoms with Gasteiger partial charge >= 0.3 is 0 Å². The zero-order valence-electron chi connectivity index (χ0n) is 8.78. The van der Waals surface area contributed by atoms with Gasteiger partial charge in [0.2, 0.25) is 0 Å². The number of hydrogen-bond donors (Lipinski definition) is 0. The summed E-state index contributed by atoms with van der Waals surface area (Å²) in [6.45, 7) is 0. The van der Waals surface area contributed by atoms with Crippen LogP contribution in [0.15, 0.2) is 54.6 Å². The van der Waals surface area contributed by atoms with Crippen LogP contribution in [-0.4, -0.2) is 0 Å². The summed E-state index contributed by atoms with van der Waals surface area (Å²) in [5, 5.41) is 0. The molecule has 1 aliphatic rings. The number of rotatable bonds is 1. The third kappa shape index (κ3) is 1.59. The van der Waals surface area contributed by atoms with E-state index in [4.69, 9.17) is 0 Å². The van der Waals surface area contributed by atoms with E-state index in [0.717, 1.165) is 6.42 Å². The molecule has 0 aromatic heterocycles. The van der Waals surface area contributed by atoms with Gasteiger partial charge in [-0.3, -0.25) is 0 Å². The van der Waals surface area contributed by atoms with Crippen LogP contribution in [0, 0.1) is 0 Å². The fourth-order valence-corrected chi connectivity index (χ4v) is 3.22. The summed E-state index contributed by atoms with van der Waals surface area (Å²) < 4.78 is 1.40. The lowest BCUT2D eigenvalue weighted by Gasteiger charge is -2.02. The Kier molecular flexibility index (Phi) is 2.56. The minimum Gasteiger partial charge on any atom is -0.0622 e. The maximum atomic E-state index is 2.47. The molecule has 0 amide bonds. The Morgan fingerprint density at radius 3 is 2.25 bits per heavy atom. The minimum atomic E-state index is 1.07. The molecule has 0 nitrogen and oxygen atoms in total. The zero-order valence-corrected chi connectivity index (χ0v) is 10.9. The van der Waals surface area contributed by atoms with Gasteiger partial charge < -0.3 is 0 Å². The van der Waals surface area contributed by atoms with Gasteiger partial charge in [-0.25, -0.2) is 0 Å². The molecule has 0 fully saturated rings. The average Bonchev–Trinajstić information content (AvgIpc) is 2.69. The molecule has 0 spiro atoms. The standard InChI is InChI=1S/C15H11I/c16-15-13-9-5-4-8-12(13)10-14(15)11-6-2-1-3-7-11/h1-9H,10H2. The van der Waals surface area contributed by atoms with Crippen LogP contribution in [0.25, 0.3) is 9.15 Å². The Balaban J connectivity index is 2.11. The molecule has 0 radical (unpaired) electrons. The molecule has 3 rings (SSSR count). The van der Waals surface area contributed by atoms with Crippen molar-refractivity contribution < 1.29 is 0 Å². The number of benzene rings is 2. The third-order valence-corrected chi connectivity index (χ3v) is 4.24. The zero-order chi connectivity index (χ0) is 11.0. The summed E-state index contributed by atoms with van der Waals surface area (Å²) in [6, 6.07) is 19.3. The highest BCUT2D eigenvalue weighted by molar-refractivity contribution is 14.1. The van der Waals surface area contributed by atoms with Gasteiger partial charge in [0, 0.05) is 3.58 Å². The summed E-state index contributed by atoms with van der Waals surface area (Å²) in [5.41, 5.74) is 5.67. The predicted octanol–water partition coefficient (Wildman–Crippen LogP) is 4.55. The molecule has 1 aliphatic carbocycles. The first-order valence-electron chi connectivity index (χ1n) is 5.38. The second-order valence-corrected chi connectivity index (χ2v) is 5.07. The number of fused-ring (bicyclic) bond motifs is 1. The number of halogens is 1. The van der Waals surface area contributed by atoms with E-state index >= 15 is 0 Å². The van der Waals surface area contributed by atoms with Crippen molar-refractivity contribution in [3.63, 3.8) is 0 Å². The predicted molar refractivity (Wildman–Crippen MR) is 77.4 cm³/mol. The molecule has 0 bridgehead atoms. The molecule has 2 aromatic carbocycles. The molecule has 1 heteroatoms. The molecule has 0 saturated carbocycles. The van der Waals surface area contributed by atoms with E-state index in [-0.39, 0.29) is 0 Å². The smallest absolute Gasteiger partial charge is 0.0247 e. The van der Waals surface area contributed by atoms with Crippen molar-refractivity contribution in [3.05, 3.63) is 71.3 Å². The van der Waals surface area contributed by atoms with Crippen molar-refractivity contribution in [1.29, 1.82) is 0 Å². The van der Waals surface area contributed by atoms with Crippen LogP contribution in [0.5, 0.6) is 0 Å². The lowest BCUT2D eigenvalue weighted by atomic mass is 10.0. The highest BCUT2D eigenvalue weighted by Crippen LogP contribution is 2.41. The van der Waals surface area contributed by atoms with Gasteiger partial charge in [0.15, 0.2) is 0 Å². The fraction of sp³-hybridized carbons (Fsp3) is 0.0667. The highest BCUT2D eigenvalue weighted by atomic mass is 127. The van der Waals surface area contributed by atoms with E-state index in [2.05, 4.69) is 77.2 Å². The molecule has 0 N–H and O–H groups in total. The lowest BCUT2D eigenvalue weighted by Crippen LogP contribution is -1.84. The van der Waals surface area contributed by atoms with Crippen LogP contribution in [0.3, 0.4) is 0 Å². The van der Waals surface area contributed by atoms with Crippen molar-refractivity contribution in [2.45, 2.75) is 6.42 Å². The summed E-state index contributed by atoms with van der Waals surface area (Å²) in [4.78, 5) is 0. The van der Waals surface area contributed by atoms with Gasteiger partial charge in [-0.15, -0.1) is 0 Å². The molecule has 0 saturated heterocycles. The molecule has 2 aromatic rings. The first kappa shape index (κ1) is 10.1. The largest absolute Gasteiger partial charge is 0.0622 e. The molecule has 0 atom stereocenters. The molecule has 16 heavy (non-hydrogen) atoms. The highest BCUT2D eigenvalue weighted by Gasteiger charge is 2.19. The van der Waals surface area contributed by atoms with Gasteiger partial charge in [-0.2, -0.15) is 0 Å². The Morgan fingerprint density at radius 1 is 0.812 bits per heavy atom. The maximum absolute atomic E-state index is 2.47. The lowest BCUT2D eigenvalue weighted by molar-refractivity contribution is 1.32. The maximum Gasteiger partial charge on any atom is 0.0247 e. The second-order valence-electron chi connectivity index (χ2n) is 3.99. The number of allylic oxidation sites excluding steroid dienone is 1. The average molecular weight is 318 g/mol. The van der Waals surface area contributed by atoms with E-state index in [9.17, 15) is 0 Å². The normalized spacial score (nSPS) is 14.1. The van der Waals surface area contributed by atoms with E-state index in [1.807, 2.05) is 0 Å². The van der Waals surface area contributed by atoms with Gasteiger partial charge in [-0.1, -0.05) is 54.6 Å². The van der Waals surface area contributed by atoms with Crippen molar-refractivity contribution in [2.75, 3.05) is 0 Å². The first-order valence-corrected chi connectivity index (χ1v) is 6.46. The van der Waals surface area contributed by atoms with Crippen molar-refractivity contribution in [2.24, 2.45) is 0 Å². The van der Waals surface area contributed by atoms with Crippen LogP contribution < -0.4 is 0 Å². The van der Waals surface area contributed by atoms with E-state index in [1.165, 1.54) is 25.8 Å². The molecule has 0 unspecified atom stereocenters. The minimum absolute atomic E-state index is 1.07. The van der Waals surface area contributed by atoms with Gasteiger partial charge in [0.25, 0.3) is 0 Å². The topological polar surface area (TPSA) is 0 Å². The first-order chi connectivity index (χ1) is 7.86. The van der Waals surface area contributed by atoms with E-state index < -0.39 is 0 Å². The summed E-state index contributed by atoms with van der Waals surface area (Å²) in [5.74, 6) is 0. The summed E-state index contributed by atoms with van der Waals surface area (Å²) >= 11 is 2.47. The SMILES string of the molecule is IC1=C(c2ccccc2)Cc2ccccc21. The van der Waals surface area contributed by atoms with Gasteiger partial charge in [0.1, 0.15) is 0 Å². The second kappa shape index (κ2) is 4.06. The van der Waals surface area contributed by atoms with Crippen LogP contribution in [0.2, 0.25) is 0 Å². The van der Waals surface area contributed by atoms with Gasteiger partial charge in [-0.05, 0) is 51.3 Å². The summed E-state index contributed by atoms with van der Waals surface area (Å²) in [7, 11) is 0. The Bertz CT molecular complexity index is 553. The Morgan fingerprint density at radius 2 is 1.50 bits per heavy atom. The van der Waals surface area contributed by atoms with Crippen LogP contribution in [-0.2, 0) is 6.42 Å². The van der Waals surface area contributed by atoms with Crippen molar-refractivity contribution in [3.8, 4) is 0 Å². The van der Waals surface area contributed by atoms with Crippen LogP contribution in [0.1, 0.15) is 16.7 Å². The van der Waals surface area contributed by atoms with Crippen molar-refractivity contribution in [1.82, 2.24) is 0 Å². The van der Waals surface area contributed by atoms with Crippen LogP contribution >= 0.6 is 22.6 Å². The van der Waals surface area contributed by atoms with Crippen LogP contribution in [0.4, 0.5) is 0 Å². The Hall–Kier alpha value is -1.09. The fourth-order valence-electron chi connectivity index (χ4n) is 2.19. The van der Waals surface area contributed by atoms with E-state index in [1.54, 1.807) is 0 Å².